The first-order valence-electron chi connectivity index (χ1n) is 12.6. The number of nitrogens with one attached hydrogen (secondary N) is 2. The van der Waals surface area contributed by atoms with E-state index in [2.05, 4.69) is 44.8 Å². The summed E-state index contributed by atoms with van der Waals surface area (Å²) in [6, 6.07) is 12.4. The van der Waals surface area contributed by atoms with E-state index in [0.717, 1.165) is 29.4 Å². The molecule has 0 spiro atoms. The Labute approximate surface area is 220 Å². The smallest absolute Gasteiger partial charge is 0.252 e. The van der Waals surface area contributed by atoms with Crippen LogP contribution >= 0.6 is 0 Å². The zero-order valence-corrected chi connectivity index (χ0v) is 21.7. The lowest BCUT2D eigenvalue weighted by Crippen LogP contribution is -2.49. The highest BCUT2D eigenvalue weighted by Crippen LogP contribution is 2.13. The summed E-state index contributed by atoms with van der Waals surface area (Å²) >= 11 is 0. The van der Waals surface area contributed by atoms with Crippen molar-refractivity contribution in [2.75, 3.05) is 6.54 Å². The number of aliphatic hydroxyl groups is 1. The number of carbonyl (C=O) groups excluding carboxylic acids is 1. The Balaban J connectivity index is 1.45. The summed E-state index contributed by atoms with van der Waals surface area (Å²) in [5.41, 5.74) is 4.23. The highest BCUT2D eigenvalue weighted by Gasteiger charge is 2.23. The second-order valence-corrected chi connectivity index (χ2v) is 9.48. The van der Waals surface area contributed by atoms with Gasteiger partial charge in [0.15, 0.2) is 5.82 Å². The van der Waals surface area contributed by atoms with Gasteiger partial charge >= 0.3 is 0 Å². The van der Waals surface area contributed by atoms with Gasteiger partial charge in [-0.2, -0.15) is 4.98 Å². The zero-order valence-electron chi connectivity index (χ0n) is 21.7. The number of hydrogen-bond acceptors (Lipinski definition) is 6. The van der Waals surface area contributed by atoms with Crippen molar-refractivity contribution in [3.63, 3.8) is 0 Å². The molecule has 0 aliphatic rings. The fraction of sp³-hybridized carbons (Fsp3) is 0.357. The molecule has 0 radical (unpaired) electrons. The van der Waals surface area contributed by atoms with Crippen molar-refractivity contribution in [3.8, 4) is 0 Å². The molecule has 3 N–H and O–H groups in total. The number of halogens is 2. The lowest BCUT2D eigenvalue weighted by molar-refractivity contribution is -0.122. The van der Waals surface area contributed by atoms with E-state index < -0.39 is 29.7 Å². The maximum atomic E-state index is 13.8. The molecular weight excluding hydrogens is 490 g/mol. The van der Waals surface area contributed by atoms with Crippen LogP contribution in [0.2, 0.25) is 0 Å². The third-order valence-corrected chi connectivity index (χ3v) is 6.25. The molecule has 10 heteroatoms. The molecule has 2 aromatic carbocycles. The van der Waals surface area contributed by atoms with Crippen molar-refractivity contribution in [2.45, 2.75) is 58.7 Å². The first-order valence-corrected chi connectivity index (χ1v) is 12.6. The number of aromatic nitrogens is 4. The molecule has 4 rings (SSSR count). The van der Waals surface area contributed by atoms with Gasteiger partial charge in [0, 0.05) is 30.5 Å². The topological polar surface area (TPSA) is 104 Å². The molecule has 0 unspecified atom stereocenters. The number of fused-ring (bicyclic) bond motifs is 1. The Kier molecular flexibility index (Phi) is 8.75. The molecule has 0 aliphatic heterocycles. The lowest BCUT2D eigenvalue weighted by atomic mass is 10.00. The van der Waals surface area contributed by atoms with Gasteiger partial charge in [0.1, 0.15) is 11.6 Å². The number of aliphatic hydroxyl groups excluding tert-OH is 1. The largest absolute Gasteiger partial charge is 0.390 e. The van der Waals surface area contributed by atoms with Crippen LogP contribution in [-0.2, 0) is 30.6 Å². The van der Waals surface area contributed by atoms with E-state index >= 15 is 0 Å². The van der Waals surface area contributed by atoms with E-state index in [1.807, 2.05) is 32.0 Å². The average Bonchev–Trinajstić information content (AvgIpc) is 3.25. The number of rotatable bonds is 11. The zero-order chi connectivity index (χ0) is 27.2. The molecule has 0 saturated heterocycles. The molecule has 38 heavy (non-hydrogen) atoms. The number of amides is 1. The Morgan fingerprint density at radius 2 is 1.76 bits per heavy atom. The molecule has 0 aliphatic carbocycles. The van der Waals surface area contributed by atoms with Crippen molar-refractivity contribution in [3.05, 3.63) is 94.1 Å². The second-order valence-electron chi connectivity index (χ2n) is 9.48. The number of aryl methyl sites for hydroxylation is 3. The number of hydrogen-bond donors (Lipinski definition) is 3. The summed E-state index contributed by atoms with van der Waals surface area (Å²) in [4.78, 5) is 21.6. The van der Waals surface area contributed by atoms with Crippen molar-refractivity contribution in [1.29, 1.82) is 0 Å². The monoisotopic (exact) mass is 522 g/mol. The first-order chi connectivity index (χ1) is 18.2. The van der Waals surface area contributed by atoms with E-state index in [1.165, 1.54) is 17.7 Å². The predicted octanol–water partition coefficient (Wildman–Crippen LogP) is 3.00. The lowest BCUT2D eigenvalue weighted by Gasteiger charge is -2.25. The number of benzene rings is 2. The van der Waals surface area contributed by atoms with Gasteiger partial charge in [0.25, 0.3) is 5.78 Å². The first kappa shape index (κ1) is 27.3. The van der Waals surface area contributed by atoms with Gasteiger partial charge in [-0.25, -0.2) is 18.3 Å². The summed E-state index contributed by atoms with van der Waals surface area (Å²) in [6.07, 6.45) is -0.210. The maximum absolute atomic E-state index is 13.8. The normalized spacial score (nSPS) is 13.0. The summed E-state index contributed by atoms with van der Waals surface area (Å²) in [5, 5.41) is 21.3. The third-order valence-electron chi connectivity index (χ3n) is 6.25. The van der Waals surface area contributed by atoms with Gasteiger partial charge in [-0.05, 0) is 61.6 Å². The van der Waals surface area contributed by atoms with Gasteiger partial charge in [0.2, 0.25) is 5.91 Å². The van der Waals surface area contributed by atoms with Gasteiger partial charge < -0.3 is 15.7 Å². The third kappa shape index (κ3) is 7.17. The average molecular weight is 523 g/mol. The molecule has 2 atom stereocenters. The molecule has 8 nitrogen and oxygen atoms in total. The van der Waals surface area contributed by atoms with Gasteiger partial charge in [-0.15, -0.1) is 5.10 Å². The number of nitrogens with zero attached hydrogens (tertiary/aromatic N) is 4. The van der Waals surface area contributed by atoms with Gasteiger partial charge in [-0.1, -0.05) is 31.2 Å². The molecular formula is C28H32F2N6O2. The quantitative estimate of drug-likeness (QED) is 0.280. The van der Waals surface area contributed by atoms with Crippen LogP contribution in [0, 0.1) is 25.5 Å². The van der Waals surface area contributed by atoms with Crippen molar-refractivity contribution in [1.82, 2.24) is 30.2 Å². The predicted molar refractivity (Wildman–Crippen MR) is 139 cm³/mol. The van der Waals surface area contributed by atoms with E-state index in [9.17, 15) is 18.7 Å². The Hall–Kier alpha value is -3.76. The van der Waals surface area contributed by atoms with Crippen LogP contribution in [0.1, 0.15) is 40.8 Å². The van der Waals surface area contributed by atoms with Crippen molar-refractivity contribution < 1.29 is 18.7 Å². The van der Waals surface area contributed by atoms with Crippen LogP contribution in [0.25, 0.3) is 5.78 Å². The second kappa shape index (κ2) is 12.2. The maximum Gasteiger partial charge on any atom is 0.252 e. The molecule has 1 amide bonds. The SMILES string of the molecule is CCc1cccc(CNC[C@H](O)[C@@H](Cc2cc(F)cc(F)c2)NC(=O)Cc2nc3nc(C)cc(C)n3n2)c1. The van der Waals surface area contributed by atoms with Crippen molar-refractivity contribution >= 4 is 11.7 Å². The molecule has 0 saturated carbocycles. The van der Waals surface area contributed by atoms with Gasteiger partial charge in [-0.3, -0.25) is 4.79 Å². The minimum atomic E-state index is -1.03. The van der Waals surface area contributed by atoms with E-state index in [1.54, 1.807) is 4.52 Å². The van der Waals surface area contributed by atoms with Crippen LogP contribution in [0.15, 0.2) is 48.5 Å². The number of carbonyl (C=O) groups is 1. The minimum Gasteiger partial charge on any atom is -0.390 e. The highest BCUT2D eigenvalue weighted by atomic mass is 19.1. The Morgan fingerprint density at radius 1 is 1.03 bits per heavy atom. The molecule has 200 valence electrons. The van der Waals surface area contributed by atoms with Gasteiger partial charge in [0.05, 0.1) is 18.6 Å². The summed E-state index contributed by atoms with van der Waals surface area (Å²) in [7, 11) is 0. The van der Waals surface area contributed by atoms with E-state index in [0.29, 0.717) is 17.9 Å². The van der Waals surface area contributed by atoms with Crippen LogP contribution in [-0.4, -0.2) is 49.3 Å². The molecule has 0 fully saturated rings. The Bertz CT molecular complexity index is 1400. The standard InChI is InChI=1S/C28H32F2N6O2/c1-4-19-6-5-7-20(9-19)15-31-16-25(37)24(12-21-10-22(29)13-23(30)11-21)33-27(38)14-26-34-28-32-17(2)8-18(3)36(28)35-26/h5-11,13,24-25,31,37H,4,12,14-16H2,1-3H3,(H,33,38)/t24-,25+/m1/s1. The molecule has 2 heterocycles. The molecule has 4 aromatic rings. The van der Waals surface area contributed by atoms with Crippen LogP contribution in [0.4, 0.5) is 8.78 Å². The summed E-state index contributed by atoms with van der Waals surface area (Å²) in [5.74, 6) is -1.19. The van der Waals surface area contributed by atoms with E-state index in [4.69, 9.17) is 0 Å². The van der Waals surface area contributed by atoms with E-state index in [-0.39, 0.29) is 25.2 Å². The summed E-state index contributed by atoms with van der Waals surface area (Å²) < 4.78 is 29.2. The van der Waals surface area contributed by atoms with Crippen LogP contribution in [0.5, 0.6) is 0 Å². The van der Waals surface area contributed by atoms with Crippen LogP contribution < -0.4 is 10.6 Å². The van der Waals surface area contributed by atoms with Crippen molar-refractivity contribution in [2.24, 2.45) is 0 Å². The Morgan fingerprint density at radius 3 is 2.50 bits per heavy atom. The highest BCUT2D eigenvalue weighted by molar-refractivity contribution is 5.78. The molecule has 2 aromatic heterocycles. The summed E-state index contributed by atoms with van der Waals surface area (Å²) in [6.45, 7) is 6.49. The molecule has 0 bridgehead atoms. The van der Waals surface area contributed by atoms with Crippen LogP contribution in [0.3, 0.4) is 0 Å². The fourth-order valence-corrected chi connectivity index (χ4v) is 4.42. The minimum absolute atomic E-state index is 0.0348. The fourth-order valence-electron chi connectivity index (χ4n) is 4.42.